The predicted molar refractivity (Wildman–Crippen MR) is 202 cm³/mol. The number of fused-ring (bicyclic) bond motifs is 3. The van der Waals surface area contributed by atoms with Crippen molar-refractivity contribution in [3.8, 4) is 0 Å². The van der Waals surface area contributed by atoms with Gasteiger partial charge in [0.1, 0.15) is 12.6 Å². The molecule has 2 amide bonds. The fourth-order valence-corrected chi connectivity index (χ4v) is 9.50. The number of amides is 2. The third-order valence-corrected chi connectivity index (χ3v) is 12.7. The second-order valence-corrected chi connectivity index (χ2v) is 17.7. The van der Waals surface area contributed by atoms with Crippen molar-refractivity contribution in [1.29, 1.82) is 0 Å². The Hall–Kier alpha value is -5.07. The van der Waals surface area contributed by atoms with Gasteiger partial charge in [0.05, 0.1) is 21.5 Å². The molecule has 324 valence electrons. The molecule has 6 atom stereocenters. The number of ether oxygens (including phenoxy) is 2. The number of phosphoric acid groups is 3. The molecule has 3 aromatic heterocycles. The number of pyridine rings is 1. The fourth-order valence-electron chi connectivity index (χ4n) is 6.54. The van der Waals surface area contributed by atoms with Gasteiger partial charge in [0.2, 0.25) is 28.7 Å². The zero-order valence-electron chi connectivity index (χ0n) is 31.2. The minimum absolute atomic E-state index is 0.0332. The molecule has 0 aliphatic carbocycles. The van der Waals surface area contributed by atoms with E-state index < -0.39 is 66.3 Å². The van der Waals surface area contributed by atoms with Gasteiger partial charge in [-0.15, -0.1) is 0 Å². The summed E-state index contributed by atoms with van der Waals surface area (Å²) in [5, 5.41) is 18.3. The Balaban J connectivity index is 1.08. The maximum atomic E-state index is 12.9. The van der Waals surface area contributed by atoms with Crippen LogP contribution in [0, 0.1) is 0 Å². The first-order valence-corrected chi connectivity index (χ1v) is 22.0. The third-order valence-electron chi connectivity index (χ3n) is 8.93. The molecule has 0 radical (unpaired) electrons. The van der Waals surface area contributed by atoms with E-state index in [2.05, 4.69) is 33.7 Å². The Morgan fingerprint density at radius 3 is 2.25 bits per heavy atom. The van der Waals surface area contributed by atoms with Crippen molar-refractivity contribution in [3.05, 3.63) is 59.1 Å². The zero-order chi connectivity index (χ0) is 43.7. The fraction of sp³-hybridized carbons (Fsp3) is 0.355. The SMILES string of the molecule is Cn1c[n+]([C@@H]2O[C@H](COP(=O)(O)OP(=O)(O)OP(=O)([O-])[O-])[C@@H](OC(=O)NCCNC(=O)CCC[n+]3c4cc(N)ccc4cc4ccc(N)cc43)[C@@H]2O)c2nc(N)[nH]c(=O)c21. The summed E-state index contributed by atoms with van der Waals surface area (Å²) in [6, 6.07) is 13.1. The minimum atomic E-state index is -6.19. The number of aromatic amines is 1. The van der Waals surface area contributed by atoms with Crippen molar-refractivity contribution < 1.29 is 79.7 Å². The lowest BCUT2D eigenvalue weighted by atomic mass is 10.1. The number of hydrogen-bond donors (Lipinski definition) is 9. The third kappa shape index (κ3) is 10.6. The maximum absolute atomic E-state index is 12.9. The topological polar surface area (TPSA) is 399 Å². The maximum Gasteiger partial charge on any atom is 0.484 e. The highest BCUT2D eigenvalue weighted by Crippen LogP contribution is 2.64. The van der Waals surface area contributed by atoms with Gasteiger partial charge in [-0.3, -0.25) is 28.0 Å². The van der Waals surface area contributed by atoms with Crippen molar-refractivity contribution in [1.82, 2.24) is 25.2 Å². The van der Waals surface area contributed by atoms with E-state index in [-0.39, 0.29) is 42.5 Å². The molecular weight excluding hydrogens is 861 g/mol. The summed E-state index contributed by atoms with van der Waals surface area (Å²) in [5.41, 5.74) is 19.9. The number of rotatable bonds is 16. The number of phosphoric ester groups is 1. The Bertz CT molecular complexity index is 2610. The molecule has 1 saturated heterocycles. The van der Waals surface area contributed by atoms with Crippen molar-refractivity contribution in [2.45, 2.75) is 43.9 Å². The van der Waals surface area contributed by atoms with Gasteiger partial charge in [-0.2, -0.15) is 8.88 Å². The van der Waals surface area contributed by atoms with Crippen LogP contribution in [-0.2, 0) is 54.7 Å². The number of anilines is 3. The second-order valence-electron chi connectivity index (χ2n) is 13.3. The largest absolute Gasteiger partial charge is 0.789 e. The normalized spacial score (nSPS) is 20.2. The molecule has 6 rings (SSSR count). The number of nitrogen functional groups attached to an aromatic ring is 3. The summed E-state index contributed by atoms with van der Waals surface area (Å²) in [4.78, 5) is 85.5. The van der Waals surface area contributed by atoms with E-state index in [0.717, 1.165) is 26.4 Å². The van der Waals surface area contributed by atoms with E-state index in [1.165, 1.54) is 17.9 Å². The van der Waals surface area contributed by atoms with Gasteiger partial charge in [-0.1, -0.05) is 4.98 Å². The number of imidazole rings is 1. The lowest BCUT2D eigenvalue weighted by Gasteiger charge is -2.30. The zero-order valence-corrected chi connectivity index (χ0v) is 33.9. The molecule has 12 N–H and O–H groups in total. The lowest BCUT2D eigenvalue weighted by Crippen LogP contribution is -2.47. The number of aryl methyl sites for hydroxylation is 2. The van der Waals surface area contributed by atoms with E-state index in [0.29, 0.717) is 24.3 Å². The predicted octanol–water partition coefficient (Wildman–Crippen LogP) is -2.08. The quantitative estimate of drug-likeness (QED) is 0.0169. The molecule has 0 saturated carbocycles. The monoisotopic (exact) mass is 900 g/mol. The highest BCUT2D eigenvalue weighted by atomic mass is 31.3. The van der Waals surface area contributed by atoms with E-state index in [4.69, 9.17) is 26.7 Å². The first kappa shape index (κ1) is 44.5. The summed E-state index contributed by atoms with van der Waals surface area (Å²) in [6.07, 6.45) is -6.25. The molecular formula is C31H39N10O16P3. The van der Waals surface area contributed by atoms with Crippen LogP contribution in [-0.4, -0.2) is 79.4 Å². The smallest absolute Gasteiger partial charge is 0.484 e. The van der Waals surface area contributed by atoms with Gasteiger partial charge in [0.15, 0.2) is 18.5 Å². The summed E-state index contributed by atoms with van der Waals surface area (Å²) < 4.78 is 62.3. The molecule has 1 fully saturated rings. The second kappa shape index (κ2) is 17.5. The Labute approximate surface area is 337 Å². The number of aliphatic hydroxyl groups is 1. The standard InChI is InChI=1S/C31H39N10O16P3/c1-39-15-41(27-24(39)28(44)38-30(34)37-27)29-25(43)26(22(54-29)14-53-59(49,50)57-60(51,52)56-58(46,47)48)55-31(45)36-9-8-35-23(42)3-2-10-40-20-12-18(32)6-4-16(20)11-17-5-7-19(33)13-21(17)40/h4-7,11-13,15,22,25-26,29,43H,2-3,8-10,14H2,1H3,(H11-,32,33,34,35,36,37,38,42,44,45,46,47,48,49,50,51,52)/t22-,25+,26-,29-/m1/s1. The Morgan fingerprint density at radius 1 is 0.983 bits per heavy atom. The van der Waals surface area contributed by atoms with Crippen LogP contribution < -0.4 is 52.3 Å². The number of hydrogen-bond acceptors (Lipinski definition) is 18. The van der Waals surface area contributed by atoms with Gasteiger partial charge >= 0.3 is 27.4 Å². The lowest BCUT2D eigenvalue weighted by molar-refractivity contribution is -0.745. The van der Waals surface area contributed by atoms with E-state index in [1.54, 1.807) is 12.1 Å². The molecule has 1 aliphatic heterocycles. The number of H-pyrrole nitrogens is 1. The minimum Gasteiger partial charge on any atom is -0.789 e. The molecule has 1 aliphatic rings. The highest BCUT2D eigenvalue weighted by molar-refractivity contribution is 7.66. The number of nitrogens with one attached hydrogen (secondary N) is 3. The van der Waals surface area contributed by atoms with Crippen molar-refractivity contribution in [2.75, 3.05) is 36.9 Å². The molecule has 4 heterocycles. The summed E-state index contributed by atoms with van der Waals surface area (Å²) in [5.74, 6) is -0.654. The summed E-state index contributed by atoms with van der Waals surface area (Å²) in [6.45, 7) is -0.956. The van der Waals surface area contributed by atoms with Gasteiger partial charge in [0.25, 0.3) is 11.5 Å². The van der Waals surface area contributed by atoms with Gasteiger partial charge in [0, 0.05) is 60.2 Å². The van der Waals surface area contributed by atoms with Crippen LogP contribution in [0.2, 0.25) is 0 Å². The van der Waals surface area contributed by atoms with Gasteiger partial charge in [-0.05, 0) is 30.3 Å². The molecule has 0 bridgehead atoms. The number of benzene rings is 2. The first-order chi connectivity index (χ1) is 28.1. The number of aromatic nitrogens is 5. The van der Waals surface area contributed by atoms with Crippen molar-refractivity contribution in [2.24, 2.45) is 7.05 Å². The molecule has 0 spiro atoms. The van der Waals surface area contributed by atoms with Crippen molar-refractivity contribution in [3.63, 3.8) is 0 Å². The average Bonchev–Trinajstić information content (AvgIpc) is 3.62. The number of aliphatic hydroxyl groups excluding tert-OH is 1. The molecule has 29 heteroatoms. The van der Waals surface area contributed by atoms with Crippen LogP contribution in [0.3, 0.4) is 0 Å². The van der Waals surface area contributed by atoms with Crippen LogP contribution >= 0.6 is 23.5 Å². The van der Waals surface area contributed by atoms with Crippen LogP contribution in [0.5, 0.6) is 0 Å². The summed E-state index contributed by atoms with van der Waals surface area (Å²) >= 11 is 0. The molecule has 5 aromatic rings. The number of carbonyl (C=O) groups excluding carboxylic acids is 2. The molecule has 2 unspecified atom stereocenters. The Morgan fingerprint density at radius 2 is 1.62 bits per heavy atom. The number of carbonyl (C=O) groups is 2. The number of alkyl carbamates (subject to hydrolysis) is 1. The van der Waals surface area contributed by atoms with E-state index >= 15 is 0 Å². The highest BCUT2D eigenvalue weighted by Gasteiger charge is 2.51. The van der Waals surface area contributed by atoms with Crippen molar-refractivity contribution >= 4 is 85.8 Å². The molecule has 60 heavy (non-hydrogen) atoms. The average molecular weight is 901 g/mol. The summed E-state index contributed by atoms with van der Waals surface area (Å²) in [7, 11) is -16.5. The first-order valence-electron chi connectivity index (χ1n) is 17.6. The molecule has 2 aromatic carbocycles. The van der Waals surface area contributed by atoms with Gasteiger partial charge in [-0.25, -0.2) is 18.5 Å². The van der Waals surface area contributed by atoms with Crippen LogP contribution in [0.15, 0.2) is 53.6 Å². The van der Waals surface area contributed by atoms with E-state index in [1.807, 2.05) is 34.9 Å². The van der Waals surface area contributed by atoms with Crippen LogP contribution in [0.4, 0.5) is 22.1 Å². The number of nitrogens with zero attached hydrogens (tertiary/aromatic N) is 4. The Kier molecular flexibility index (Phi) is 13.0. The van der Waals surface area contributed by atoms with E-state index in [9.17, 15) is 52.8 Å². The molecule has 26 nitrogen and oxygen atoms in total. The van der Waals surface area contributed by atoms with Crippen LogP contribution in [0.1, 0.15) is 19.1 Å². The van der Waals surface area contributed by atoms with Gasteiger partial charge < -0.3 is 66.6 Å². The number of nitrogens with two attached hydrogens (primary N) is 3. The van der Waals surface area contributed by atoms with Crippen LogP contribution in [0.25, 0.3) is 33.0 Å².